The maximum atomic E-state index is 13.1. The van der Waals surface area contributed by atoms with Crippen LogP contribution in [0.15, 0.2) is 48.5 Å². The van der Waals surface area contributed by atoms with Crippen LogP contribution in [0.25, 0.3) is 0 Å². The Labute approximate surface area is 170 Å². The summed E-state index contributed by atoms with van der Waals surface area (Å²) in [7, 11) is -3.04. The van der Waals surface area contributed by atoms with Gasteiger partial charge in [-0.05, 0) is 48.4 Å². The van der Waals surface area contributed by atoms with Gasteiger partial charge >= 0.3 is 5.97 Å². The molecule has 0 radical (unpaired) electrons. The summed E-state index contributed by atoms with van der Waals surface area (Å²) in [5, 5.41) is 0. The molecule has 0 spiro atoms. The van der Waals surface area contributed by atoms with E-state index in [1.54, 1.807) is 4.90 Å². The summed E-state index contributed by atoms with van der Waals surface area (Å²) >= 11 is 0. The van der Waals surface area contributed by atoms with Crippen molar-refractivity contribution in [2.45, 2.75) is 25.7 Å². The lowest BCUT2D eigenvalue weighted by Gasteiger charge is -2.25. The number of ether oxygens (including phenoxy) is 1. The van der Waals surface area contributed by atoms with Gasteiger partial charge in [0.1, 0.15) is 0 Å². The minimum absolute atomic E-state index is 0.0168. The van der Waals surface area contributed by atoms with E-state index in [1.807, 2.05) is 48.5 Å². The number of rotatable bonds is 4. The number of hydrogen-bond donors (Lipinski definition) is 0. The van der Waals surface area contributed by atoms with Gasteiger partial charge in [0.05, 0.1) is 22.9 Å². The summed E-state index contributed by atoms with van der Waals surface area (Å²) in [4.78, 5) is 26.9. The molecular formula is C22H23NO5S. The van der Waals surface area contributed by atoms with Crippen LogP contribution in [0.1, 0.15) is 24.0 Å². The summed E-state index contributed by atoms with van der Waals surface area (Å²) in [5.74, 6) is -0.938. The summed E-state index contributed by atoms with van der Waals surface area (Å²) in [6.45, 7) is -0.374. The predicted molar refractivity (Wildman–Crippen MR) is 110 cm³/mol. The Balaban J connectivity index is 1.49. The second-order valence-corrected chi connectivity index (χ2v) is 9.85. The fraction of sp³-hybridized carbons (Fsp3) is 0.364. The van der Waals surface area contributed by atoms with Gasteiger partial charge in [0.15, 0.2) is 16.4 Å². The molecule has 2 aliphatic rings. The lowest BCUT2D eigenvalue weighted by Crippen LogP contribution is -2.31. The van der Waals surface area contributed by atoms with Crippen molar-refractivity contribution < 1.29 is 22.7 Å². The molecule has 0 aromatic heterocycles. The number of aryl methyl sites for hydroxylation is 2. The van der Waals surface area contributed by atoms with Crippen LogP contribution < -0.4 is 4.90 Å². The van der Waals surface area contributed by atoms with Gasteiger partial charge in [-0.25, -0.2) is 8.42 Å². The molecule has 1 atom stereocenters. The van der Waals surface area contributed by atoms with Crippen molar-refractivity contribution in [3.8, 4) is 0 Å². The van der Waals surface area contributed by atoms with Crippen LogP contribution in [0.4, 0.5) is 11.4 Å². The van der Waals surface area contributed by atoms with E-state index in [4.69, 9.17) is 4.74 Å². The largest absolute Gasteiger partial charge is 0.456 e. The summed E-state index contributed by atoms with van der Waals surface area (Å²) in [6, 6.07) is 15.5. The molecule has 0 bridgehead atoms. The van der Waals surface area contributed by atoms with Crippen LogP contribution in [0.3, 0.4) is 0 Å². The topological polar surface area (TPSA) is 80.7 Å². The first-order chi connectivity index (χ1) is 13.9. The number of nitrogens with zero attached hydrogens (tertiary/aromatic N) is 1. The van der Waals surface area contributed by atoms with E-state index in [0.717, 1.165) is 35.3 Å². The quantitative estimate of drug-likeness (QED) is 0.720. The summed E-state index contributed by atoms with van der Waals surface area (Å²) in [5.41, 5.74) is 3.75. The van der Waals surface area contributed by atoms with Crippen molar-refractivity contribution in [1.29, 1.82) is 0 Å². The smallest absolute Gasteiger partial charge is 0.306 e. The number of carbonyl (C=O) groups excluding carboxylic acids is 2. The molecule has 0 saturated carbocycles. The average molecular weight is 413 g/mol. The monoisotopic (exact) mass is 413 g/mol. The van der Waals surface area contributed by atoms with E-state index in [2.05, 4.69) is 0 Å². The number of amides is 1. The fourth-order valence-corrected chi connectivity index (χ4v) is 5.94. The van der Waals surface area contributed by atoms with Crippen LogP contribution in [-0.4, -0.2) is 38.4 Å². The number of sulfone groups is 1. The number of para-hydroxylation sites is 2. The van der Waals surface area contributed by atoms with Crippen molar-refractivity contribution >= 4 is 33.1 Å². The van der Waals surface area contributed by atoms with Crippen molar-refractivity contribution in [3.05, 3.63) is 59.7 Å². The van der Waals surface area contributed by atoms with Crippen molar-refractivity contribution in [2.24, 2.45) is 5.92 Å². The maximum absolute atomic E-state index is 13.1. The van der Waals surface area contributed by atoms with Gasteiger partial charge < -0.3 is 4.74 Å². The molecule has 2 aromatic rings. The van der Waals surface area contributed by atoms with Crippen LogP contribution in [0, 0.1) is 5.92 Å². The van der Waals surface area contributed by atoms with Gasteiger partial charge in [0, 0.05) is 6.42 Å². The molecule has 0 unspecified atom stereocenters. The molecule has 4 rings (SSSR count). The first-order valence-electron chi connectivity index (χ1n) is 9.78. The van der Waals surface area contributed by atoms with Gasteiger partial charge in [0.2, 0.25) is 0 Å². The van der Waals surface area contributed by atoms with Gasteiger partial charge in [0.25, 0.3) is 5.91 Å². The molecular weight excluding hydrogens is 390 g/mol. The normalized spacial score (nSPS) is 19.7. The number of benzene rings is 2. The maximum Gasteiger partial charge on any atom is 0.306 e. The first kappa shape index (κ1) is 19.6. The van der Waals surface area contributed by atoms with E-state index < -0.39 is 15.8 Å². The Morgan fingerprint density at radius 1 is 0.966 bits per heavy atom. The molecule has 7 heteroatoms. The van der Waals surface area contributed by atoms with E-state index in [1.165, 1.54) is 0 Å². The summed E-state index contributed by atoms with van der Waals surface area (Å²) < 4.78 is 28.3. The highest BCUT2D eigenvalue weighted by molar-refractivity contribution is 7.91. The van der Waals surface area contributed by atoms with Crippen LogP contribution >= 0.6 is 0 Å². The van der Waals surface area contributed by atoms with Crippen molar-refractivity contribution in [3.63, 3.8) is 0 Å². The second-order valence-electron chi connectivity index (χ2n) is 7.62. The van der Waals surface area contributed by atoms with Gasteiger partial charge in [-0.2, -0.15) is 0 Å². The van der Waals surface area contributed by atoms with Gasteiger partial charge in [-0.1, -0.05) is 36.4 Å². The van der Waals surface area contributed by atoms with E-state index >= 15 is 0 Å². The molecule has 2 heterocycles. The zero-order chi connectivity index (χ0) is 20.4. The standard InChI is InChI=1S/C22H23NO5S/c24-21(14-28-22(25)13-16-11-12-29(26,27)15-16)23-19-7-3-1-5-17(19)9-10-18-6-2-4-8-20(18)23/h1-8,16H,9-15H2/t16-/m1/s1. The Hall–Kier alpha value is -2.67. The second kappa shape index (κ2) is 7.99. The van der Waals surface area contributed by atoms with Gasteiger partial charge in [-0.15, -0.1) is 0 Å². The molecule has 2 aromatic carbocycles. The Kier molecular flexibility index (Phi) is 5.41. The van der Waals surface area contributed by atoms with E-state index in [-0.39, 0.29) is 36.4 Å². The minimum Gasteiger partial charge on any atom is -0.456 e. The highest BCUT2D eigenvalue weighted by atomic mass is 32.2. The number of esters is 1. The molecule has 6 nitrogen and oxygen atoms in total. The molecule has 0 N–H and O–H groups in total. The first-order valence-corrected chi connectivity index (χ1v) is 11.6. The zero-order valence-corrected chi connectivity index (χ0v) is 16.9. The SMILES string of the molecule is O=C(C[C@H]1CCS(=O)(=O)C1)OCC(=O)N1c2ccccc2CCc2ccccc21. The number of fused-ring (bicyclic) bond motifs is 2. The van der Waals surface area contributed by atoms with Crippen molar-refractivity contribution in [1.82, 2.24) is 0 Å². The zero-order valence-electron chi connectivity index (χ0n) is 16.0. The molecule has 152 valence electrons. The summed E-state index contributed by atoms with van der Waals surface area (Å²) in [6.07, 6.45) is 2.15. The predicted octanol–water partition coefficient (Wildman–Crippen LogP) is 2.82. The third kappa shape index (κ3) is 4.34. The van der Waals surface area contributed by atoms with Gasteiger partial charge in [-0.3, -0.25) is 14.5 Å². The Bertz CT molecular complexity index is 999. The van der Waals surface area contributed by atoms with E-state index in [0.29, 0.717) is 6.42 Å². The molecule has 2 aliphatic heterocycles. The molecule has 1 saturated heterocycles. The molecule has 1 fully saturated rings. The highest BCUT2D eigenvalue weighted by Gasteiger charge is 2.31. The third-order valence-electron chi connectivity index (χ3n) is 5.52. The highest BCUT2D eigenvalue weighted by Crippen LogP contribution is 2.36. The van der Waals surface area contributed by atoms with Crippen LogP contribution in [0.5, 0.6) is 0 Å². The Morgan fingerprint density at radius 2 is 1.55 bits per heavy atom. The number of anilines is 2. The van der Waals surface area contributed by atoms with E-state index in [9.17, 15) is 18.0 Å². The molecule has 0 aliphatic carbocycles. The molecule has 1 amide bonds. The Morgan fingerprint density at radius 3 is 2.10 bits per heavy atom. The van der Waals surface area contributed by atoms with Crippen molar-refractivity contribution in [2.75, 3.05) is 23.0 Å². The average Bonchev–Trinajstić information content (AvgIpc) is 2.95. The molecule has 29 heavy (non-hydrogen) atoms. The fourth-order valence-electron chi connectivity index (χ4n) is 4.08. The number of carbonyl (C=O) groups is 2. The lowest BCUT2D eigenvalue weighted by atomic mass is 10.0. The number of hydrogen-bond acceptors (Lipinski definition) is 5. The van der Waals surface area contributed by atoms with Crippen LogP contribution in [-0.2, 0) is 37.0 Å². The lowest BCUT2D eigenvalue weighted by molar-refractivity contribution is -0.148. The minimum atomic E-state index is -3.04. The van der Waals surface area contributed by atoms with Crippen LogP contribution in [0.2, 0.25) is 0 Å². The third-order valence-corrected chi connectivity index (χ3v) is 7.35.